The summed E-state index contributed by atoms with van der Waals surface area (Å²) in [4.78, 5) is 29.9. The third-order valence-corrected chi connectivity index (χ3v) is 5.41. The van der Waals surface area contributed by atoms with E-state index in [1.165, 1.54) is 0 Å². The van der Waals surface area contributed by atoms with Gasteiger partial charge < -0.3 is 19.9 Å². The van der Waals surface area contributed by atoms with Crippen molar-refractivity contribution in [2.24, 2.45) is 5.92 Å². The van der Waals surface area contributed by atoms with Crippen LogP contribution in [0.4, 0.5) is 11.4 Å². The molecule has 0 bridgehead atoms. The van der Waals surface area contributed by atoms with Crippen molar-refractivity contribution in [1.82, 2.24) is 4.90 Å². The SMILES string of the molecule is COCCN(Cc1cc(NC(=O)C(C)C)ccc1N(C)C)C(=O)Cc1cccs1. The maximum atomic E-state index is 12.9. The summed E-state index contributed by atoms with van der Waals surface area (Å²) in [5.41, 5.74) is 2.73. The maximum Gasteiger partial charge on any atom is 0.228 e. The molecule has 0 unspecified atom stereocenters. The molecule has 1 aromatic carbocycles. The van der Waals surface area contributed by atoms with Gasteiger partial charge in [0.2, 0.25) is 11.8 Å². The maximum absolute atomic E-state index is 12.9. The van der Waals surface area contributed by atoms with Crippen molar-refractivity contribution in [3.63, 3.8) is 0 Å². The van der Waals surface area contributed by atoms with E-state index in [9.17, 15) is 9.59 Å². The summed E-state index contributed by atoms with van der Waals surface area (Å²) in [6.07, 6.45) is 0.377. The summed E-state index contributed by atoms with van der Waals surface area (Å²) >= 11 is 1.58. The molecule has 0 saturated heterocycles. The predicted molar refractivity (Wildman–Crippen MR) is 120 cm³/mol. The molecule has 6 nitrogen and oxygen atoms in total. The third kappa shape index (κ3) is 6.87. The summed E-state index contributed by atoms with van der Waals surface area (Å²) < 4.78 is 5.22. The van der Waals surface area contributed by atoms with Crippen molar-refractivity contribution in [2.75, 3.05) is 44.6 Å². The van der Waals surface area contributed by atoms with E-state index in [1.54, 1.807) is 18.4 Å². The van der Waals surface area contributed by atoms with E-state index in [1.807, 2.05) is 73.5 Å². The molecule has 0 fully saturated rings. The van der Waals surface area contributed by atoms with E-state index < -0.39 is 0 Å². The van der Waals surface area contributed by atoms with Crippen LogP contribution in [0, 0.1) is 5.92 Å². The monoisotopic (exact) mass is 417 g/mol. The minimum absolute atomic E-state index is 0.0291. The van der Waals surface area contributed by atoms with Crippen LogP contribution >= 0.6 is 11.3 Å². The summed E-state index contributed by atoms with van der Waals surface area (Å²) in [6, 6.07) is 9.76. The Labute approximate surface area is 177 Å². The number of ether oxygens (including phenoxy) is 1. The predicted octanol–water partition coefficient (Wildman–Crippen LogP) is 3.63. The van der Waals surface area contributed by atoms with Crippen LogP contribution in [0.15, 0.2) is 35.7 Å². The van der Waals surface area contributed by atoms with Crippen molar-refractivity contribution in [2.45, 2.75) is 26.8 Å². The van der Waals surface area contributed by atoms with Crippen LogP contribution in [0.1, 0.15) is 24.3 Å². The molecule has 29 heavy (non-hydrogen) atoms. The van der Waals surface area contributed by atoms with Crippen LogP contribution in [-0.4, -0.2) is 51.1 Å². The lowest BCUT2D eigenvalue weighted by Crippen LogP contribution is -2.35. The highest BCUT2D eigenvalue weighted by Gasteiger charge is 2.18. The molecule has 158 valence electrons. The minimum atomic E-state index is -0.0995. The minimum Gasteiger partial charge on any atom is -0.383 e. The van der Waals surface area contributed by atoms with Gasteiger partial charge in [-0.1, -0.05) is 19.9 Å². The molecule has 1 heterocycles. The number of carbonyl (C=O) groups excluding carboxylic acids is 2. The molecule has 0 radical (unpaired) electrons. The number of anilines is 2. The number of hydrogen-bond donors (Lipinski definition) is 1. The molecule has 0 atom stereocenters. The first-order valence-electron chi connectivity index (χ1n) is 9.72. The Kier molecular flexibility index (Phi) is 8.67. The Bertz CT molecular complexity index is 804. The highest BCUT2D eigenvalue weighted by Crippen LogP contribution is 2.25. The van der Waals surface area contributed by atoms with Crippen LogP contribution in [0.25, 0.3) is 0 Å². The van der Waals surface area contributed by atoms with Gasteiger partial charge in [-0.15, -0.1) is 11.3 Å². The molecule has 1 N–H and O–H groups in total. The fourth-order valence-corrected chi connectivity index (χ4v) is 3.58. The van der Waals surface area contributed by atoms with Crippen LogP contribution in [0.3, 0.4) is 0 Å². The number of nitrogens with zero attached hydrogens (tertiary/aromatic N) is 2. The van der Waals surface area contributed by atoms with E-state index in [2.05, 4.69) is 5.32 Å². The number of amides is 2. The Hall–Kier alpha value is -2.38. The second-order valence-corrected chi connectivity index (χ2v) is 8.48. The number of nitrogens with one attached hydrogen (secondary N) is 1. The number of hydrogen-bond acceptors (Lipinski definition) is 5. The van der Waals surface area contributed by atoms with E-state index in [0.29, 0.717) is 26.1 Å². The molecule has 0 spiro atoms. The normalized spacial score (nSPS) is 10.8. The van der Waals surface area contributed by atoms with E-state index in [-0.39, 0.29) is 17.7 Å². The first kappa shape index (κ1) is 22.9. The zero-order chi connectivity index (χ0) is 21.4. The van der Waals surface area contributed by atoms with Gasteiger partial charge in [0.1, 0.15) is 0 Å². The summed E-state index contributed by atoms with van der Waals surface area (Å²) in [5.74, 6) is -0.0676. The number of rotatable bonds is 10. The van der Waals surface area contributed by atoms with E-state index in [4.69, 9.17) is 4.74 Å². The highest BCUT2D eigenvalue weighted by atomic mass is 32.1. The lowest BCUT2D eigenvalue weighted by atomic mass is 10.1. The van der Waals surface area contributed by atoms with E-state index >= 15 is 0 Å². The quantitative estimate of drug-likeness (QED) is 0.641. The number of methoxy groups -OCH3 is 1. The van der Waals surface area contributed by atoms with Crippen LogP contribution < -0.4 is 10.2 Å². The molecule has 2 rings (SSSR count). The Morgan fingerprint density at radius 1 is 1.21 bits per heavy atom. The van der Waals surface area contributed by atoms with Gasteiger partial charge >= 0.3 is 0 Å². The third-order valence-electron chi connectivity index (χ3n) is 4.54. The number of benzene rings is 1. The van der Waals surface area contributed by atoms with Crippen LogP contribution in [0.2, 0.25) is 0 Å². The molecule has 1 aromatic heterocycles. The molecule has 0 aliphatic rings. The highest BCUT2D eigenvalue weighted by molar-refractivity contribution is 7.10. The van der Waals surface area contributed by atoms with Crippen molar-refractivity contribution >= 4 is 34.5 Å². The van der Waals surface area contributed by atoms with Gasteiger partial charge in [-0.3, -0.25) is 9.59 Å². The van der Waals surface area contributed by atoms with Gasteiger partial charge in [0.25, 0.3) is 0 Å². The zero-order valence-corrected chi connectivity index (χ0v) is 18.7. The Morgan fingerprint density at radius 2 is 1.97 bits per heavy atom. The van der Waals surface area contributed by atoms with Crippen molar-refractivity contribution in [3.05, 3.63) is 46.2 Å². The first-order chi connectivity index (χ1) is 13.8. The Morgan fingerprint density at radius 3 is 2.55 bits per heavy atom. The first-order valence-corrected chi connectivity index (χ1v) is 10.6. The largest absolute Gasteiger partial charge is 0.383 e. The standard InChI is InChI=1S/C22H31N3O3S/c1-16(2)22(27)23-18-8-9-20(24(3)4)17(13-18)15-25(10-11-28-5)21(26)14-19-7-6-12-29-19/h6-9,12-13,16H,10-11,14-15H2,1-5H3,(H,23,27). The molecular formula is C22H31N3O3S. The molecule has 0 saturated carbocycles. The number of thiophene rings is 1. The van der Waals surface area contributed by atoms with Gasteiger partial charge in [-0.05, 0) is 35.2 Å². The van der Waals surface area contributed by atoms with Gasteiger partial charge in [0.05, 0.1) is 13.0 Å². The van der Waals surface area contributed by atoms with Crippen LogP contribution in [0.5, 0.6) is 0 Å². The molecular weight excluding hydrogens is 386 g/mol. The van der Waals surface area contributed by atoms with E-state index in [0.717, 1.165) is 21.8 Å². The number of carbonyl (C=O) groups is 2. The van der Waals surface area contributed by atoms with Gasteiger partial charge in [0.15, 0.2) is 0 Å². The molecule has 7 heteroatoms. The lowest BCUT2D eigenvalue weighted by Gasteiger charge is -2.26. The Balaban J connectivity index is 2.26. The fourth-order valence-electron chi connectivity index (χ4n) is 2.89. The molecule has 2 amide bonds. The summed E-state index contributed by atoms with van der Waals surface area (Å²) in [5, 5.41) is 4.93. The van der Waals surface area contributed by atoms with Gasteiger partial charge in [-0.25, -0.2) is 0 Å². The average Bonchev–Trinajstić information content (AvgIpc) is 3.17. The van der Waals surface area contributed by atoms with Crippen molar-refractivity contribution in [3.8, 4) is 0 Å². The zero-order valence-electron chi connectivity index (χ0n) is 17.9. The summed E-state index contributed by atoms with van der Waals surface area (Å²) in [6.45, 7) is 5.15. The van der Waals surface area contributed by atoms with Crippen LogP contribution in [-0.2, 0) is 27.3 Å². The lowest BCUT2D eigenvalue weighted by molar-refractivity contribution is -0.131. The van der Waals surface area contributed by atoms with Gasteiger partial charge in [-0.2, -0.15) is 0 Å². The summed E-state index contributed by atoms with van der Waals surface area (Å²) in [7, 11) is 5.57. The molecule has 0 aliphatic heterocycles. The second-order valence-electron chi connectivity index (χ2n) is 7.45. The molecule has 0 aliphatic carbocycles. The molecule has 2 aromatic rings. The second kappa shape index (κ2) is 11.0. The topological polar surface area (TPSA) is 61.9 Å². The smallest absolute Gasteiger partial charge is 0.228 e. The average molecular weight is 418 g/mol. The van der Waals surface area contributed by atoms with Crippen molar-refractivity contribution < 1.29 is 14.3 Å². The fraction of sp³-hybridized carbons (Fsp3) is 0.455. The van der Waals surface area contributed by atoms with Crippen molar-refractivity contribution in [1.29, 1.82) is 0 Å². The van der Waals surface area contributed by atoms with Gasteiger partial charge in [0, 0.05) is 56.5 Å².